The van der Waals surface area contributed by atoms with Crippen molar-refractivity contribution in [3.8, 4) is 17.2 Å². The first kappa shape index (κ1) is 28.7. The van der Waals surface area contributed by atoms with Gasteiger partial charge in [0.05, 0.1) is 36.3 Å². The summed E-state index contributed by atoms with van der Waals surface area (Å²) in [5, 5.41) is 11.3. The Morgan fingerprint density at radius 3 is 2.38 bits per heavy atom. The molecule has 10 nitrogen and oxygen atoms in total. The zero-order valence-electron chi connectivity index (χ0n) is 22.7. The van der Waals surface area contributed by atoms with E-state index in [0.29, 0.717) is 30.5 Å². The highest BCUT2D eigenvalue weighted by molar-refractivity contribution is 5.90. The number of fused-ring (bicyclic) bond motifs is 1. The number of carbonyl (C=O) groups excluding carboxylic acids is 3. The predicted molar refractivity (Wildman–Crippen MR) is 140 cm³/mol. The number of rotatable bonds is 4. The SMILES string of the molecule is CC(=O)NCC1CN(c2cc(F)c(-c3cccnc3)c(F)c2)C(=O)O1.CC(C)(C)OC(=O)N1C[C@@H]2C(C#N)[C@@H]2C1. The minimum atomic E-state index is -0.805. The number of anilines is 1. The third-order valence-electron chi connectivity index (χ3n) is 6.74. The lowest BCUT2D eigenvalue weighted by molar-refractivity contribution is -0.119. The van der Waals surface area contributed by atoms with Gasteiger partial charge in [-0.05, 0) is 50.8 Å². The number of hydrogen-bond acceptors (Lipinski definition) is 7. The molecule has 3 heterocycles. The average molecular weight is 556 g/mol. The van der Waals surface area contributed by atoms with Crippen LogP contribution >= 0.6 is 0 Å². The van der Waals surface area contributed by atoms with Crippen LogP contribution < -0.4 is 10.2 Å². The van der Waals surface area contributed by atoms with E-state index in [4.69, 9.17) is 14.7 Å². The van der Waals surface area contributed by atoms with Gasteiger partial charge in [0.15, 0.2) is 0 Å². The highest BCUT2D eigenvalue weighted by Gasteiger charge is 2.57. The van der Waals surface area contributed by atoms with E-state index in [-0.39, 0.29) is 42.3 Å². The Kier molecular flexibility index (Phi) is 8.23. The fraction of sp³-hybridized carbons (Fsp3) is 0.464. The van der Waals surface area contributed by atoms with Crippen LogP contribution in [0.15, 0.2) is 36.7 Å². The zero-order chi connectivity index (χ0) is 29.2. The largest absolute Gasteiger partial charge is 0.444 e. The molecule has 0 radical (unpaired) electrons. The van der Waals surface area contributed by atoms with Crippen molar-refractivity contribution in [2.75, 3.05) is 31.1 Å². The van der Waals surface area contributed by atoms with Gasteiger partial charge in [0.2, 0.25) is 5.91 Å². The lowest BCUT2D eigenvalue weighted by atomic mass is 10.1. The number of hydrogen-bond donors (Lipinski definition) is 1. The molecule has 0 bridgehead atoms. The molecular weight excluding hydrogens is 524 g/mol. The minimum absolute atomic E-state index is 0.0537. The second-order valence-electron chi connectivity index (χ2n) is 10.9. The van der Waals surface area contributed by atoms with Crippen molar-refractivity contribution in [2.45, 2.75) is 39.4 Å². The first-order valence-corrected chi connectivity index (χ1v) is 12.9. The number of halogens is 2. The van der Waals surface area contributed by atoms with Crippen LogP contribution in [0.2, 0.25) is 0 Å². The number of cyclic esters (lactones) is 1. The Morgan fingerprint density at radius 2 is 1.85 bits per heavy atom. The molecule has 0 spiro atoms. The van der Waals surface area contributed by atoms with Gasteiger partial charge in [-0.3, -0.25) is 14.7 Å². The van der Waals surface area contributed by atoms with Crippen molar-refractivity contribution in [2.24, 2.45) is 17.8 Å². The maximum absolute atomic E-state index is 14.4. The van der Waals surface area contributed by atoms with Gasteiger partial charge in [-0.25, -0.2) is 18.4 Å². The van der Waals surface area contributed by atoms with Gasteiger partial charge in [-0.2, -0.15) is 5.26 Å². The van der Waals surface area contributed by atoms with Gasteiger partial charge in [0.1, 0.15) is 23.3 Å². The van der Waals surface area contributed by atoms with Crippen LogP contribution in [0.25, 0.3) is 11.1 Å². The number of nitrogens with zero attached hydrogens (tertiary/aromatic N) is 4. The zero-order valence-corrected chi connectivity index (χ0v) is 22.7. The number of piperidine rings is 1. The quantitative estimate of drug-likeness (QED) is 0.602. The number of benzene rings is 1. The number of amides is 3. The van der Waals surface area contributed by atoms with Gasteiger partial charge in [0, 0.05) is 38.0 Å². The van der Waals surface area contributed by atoms with E-state index in [9.17, 15) is 23.2 Å². The summed E-state index contributed by atoms with van der Waals surface area (Å²) in [6.45, 7) is 8.53. The molecule has 1 N–H and O–H groups in total. The van der Waals surface area contributed by atoms with Crippen LogP contribution in [-0.4, -0.2) is 65.9 Å². The molecule has 3 amide bonds. The summed E-state index contributed by atoms with van der Waals surface area (Å²) in [4.78, 5) is 41.2. The maximum Gasteiger partial charge on any atom is 0.414 e. The van der Waals surface area contributed by atoms with Crippen LogP contribution in [0.3, 0.4) is 0 Å². The van der Waals surface area contributed by atoms with Gasteiger partial charge < -0.3 is 19.7 Å². The van der Waals surface area contributed by atoms with Crippen LogP contribution in [-0.2, 0) is 14.3 Å². The number of carbonyl (C=O) groups is 3. The summed E-state index contributed by atoms with van der Waals surface area (Å²) in [6.07, 6.45) is 1.31. The molecule has 3 aliphatic rings. The molecule has 3 fully saturated rings. The lowest BCUT2D eigenvalue weighted by Crippen LogP contribution is -2.36. The molecule has 2 saturated heterocycles. The first-order valence-electron chi connectivity index (χ1n) is 12.9. The molecule has 2 aromatic rings. The second kappa shape index (κ2) is 11.5. The average Bonchev–Trinajstić information content (AvgIpc) is 3.17. The minimum Gasteiger partial charge on any atom is -0.444 e. The molecule has 1 saturated carbocycles. The Balaban J connectivity index is 0.000000210. The van der Waals surface area contributed by atoms with E-state index >= 15 is 0 Å². The molecule has 2 unspecified atom stereocenters. The second-order valence-corrected chi connectivity index (χ2v) is 10.9. The molecular formula is C28H31F2N5O5. The smallest absolute Gasteiger partial charge is 0.414 e. The predicted octanol–water partition coefficient (Wildman–Crippen LogP) is 4.11. The van der Waals surface area contributed by atoms with Crippen molar-refractivity contribution in [3.63, 3.8) is 0 Å². The van der Waals surface area contributed by atoms with E-state index < -0.39 is 29.4 Å². The fourth-order valence-corrected chi connectivity index (χ4v) is 4.79. The fourth-order valence-electron chi connectivity index (χ4n) is 4.79. The number of likely N-dealkylation sites (tertiary alicyclic amines) is 1. The highest BCUT2D eigenvalue weighted by atomic mass is 19.1. The molecule has 212 valence electrons. The van der Waals surface area contributed by atoms with Crippen molar-refractivity contribution in [1.82, 2.24) is 15.2 Å². The van der Waals surface area contributed by atoms with Gasteiger partial charge in [-0.15, -0.1) is 0 Å². The van der Waals surface area contributed by atoms with E-state index in [1.54, 1.807) is 17.0 Å². The molecule has 1 aromatic heterocycles. The molecule has 5 rings (SSSR count). The van der Waals surface area contributed by atoms with Crippen LogP contribution in [0.4, 0.5) is 24.1 Å². The summed E-state index contributed by atoms with van der Waals surface area (Å²) < 4.78 is 39.2. The third-order valence-corrected chi connectivity index (χ3v) is 6.74. The normalized spacial score (nSPS) is 22.9. The summed E-state index contributed by atoms with van der Waals surface area (Å²) in [5.41, 5.74) is -0.285. The van der Waals surface area contributed by atoms with E-state index in [1.807, 2.05) is 20.8 Å². The first-order chi connectivity index (χ1) is 18.9. The monoisotopic (exact) mass is 555 g/mol. The summed E-state index contributed by atoms with van der Waals surface area (Å²) in [7, 11) is 0. The Labute approximate surface area is 230 Å². The van der Waals surface area contributed by atoms with Crippen molar-refractivity contribution >= 4 is 23.8 Å². The van der Waals surface area contributed by atoms with Crippen LogP contribution in [0.1, 0.15) is 27.7 Å². The van der Waals surface area contributed by atoms with E-state index in [1.165, 1.54) is 19.3 Å². The van der Waals surface area contributed by atoms with Crippen molar-refractivity contribution in [1.29, 1.82) is 5.26 Å². The number of aromatic nitrogens is 1. The van der Waals surface area contributed by atoms with Gasteiger partial charge >= 0.3 is 12.2 Å². The van der Waals surface area contributed by atoms with Crippen molar-refractivity contribution < 1.29 is 32.6 Å². The van der Waals surface area contributed by atoms with Crippen LogP contribution in [0.5, 0.6) is 0 Å². The Hall–Kier alpha value is -4.27. The summed E-state index contributed by atoms with van der Waals surface area (Å²) in [5.74, 6) is -0.872. The lowest BCUT2D eigenvalue weighted by Gasteiger charge is -2.25. The number of ether oxygens (including phenoxy) is 2. The highest BCUT2D eigenvalue weighted by Crippen LogP contribution is 2.51. The summed E-state index contributed by atoms with van der Waals surface area (Å²) >= 11 is 0. The molecule has 12 heteroatoms. The van der Waals surface area contributed by atoms with Crippen LogP contribution in [0, 0.1) is 40.7 Å². The van der Waals surface area contributed by atoms with E-state index in [2.05, 4.69) is 16.4 Å². The maximum atomic E-state index is 14.4. The Bertz CT molecular complexity index is 1290. The molecule has 2 aliphatic heterocycles. The number of nitriles is 1. The number of nitrogens with one attached hydrogen (secondary N) is 1. The Morgan fingerprint density at radius 1 is 1.20 bits per heavy atom. The topological polar surface area (TPSA) is 125 Å². The van der Waals surface area contributed by atoms with Gasteiger partial charge in [0.25, 0.3) is 0 Å². The standard InChI is InChI=1S/C17H15F2N3O3.C11H16N2O2/c1-10(23)21-8-13-9-22(17(24)25-13)12-5-14(18)16(15(19)6-12)11-3-2-4-20-7-11;1-11(2,3)15-10(14)13-5-8-7(4-12)9(8)6-13/h2-7,13H,8-9H2,1H3,(H,21,23);7-9H,5-6H2,1-3H3/t;7?,8-,9+. The van der Waals surface area contributed by atoms with E-state index in [0.717, 1.165) is 17.0 Å². The van der Waals surface area contributed by atoms with Crippen molar-refractivity contribution in [3.05, 3.63) is 48.3 Å². The molecule has 1 aromatic carbocycles. The summed E-state index contributed by atoms with van der Waals surface area (Å²) in [6, 6.07) is 7.54. The third kappa shape index (κ3) is 6.65. The molecule has 1 aliphatic carbocycles. The molecule has 40 heavy (non-hydrogen) atoms. The molecule has 4 atom stereocenters. The van der Waals surface area contributed by atoms with Gasteiger partial charge in [-0.1, -0.05) is 6.07 Å². The number of pyridine rings is 1.